The van der Waals surface area contributed by atoms with Gasteiger partial charge in [-0.1, -0.05) is 19.1 Å². The number of amides is 1. The predicted octanol–water partition coefficient (Wildman–Crippen LogP) is 3.22. The number of nitrogens with zero attached hydrogens (tertiary/aromatic N) is 1. The Balaban J connectivity index is 1.86. The normalized spacial score (nSPS) is 11.9. The summed E-state index contributed by atoms with van der Waals surface area (Å²) in [6.45, 7) is 2.01. The first-order valence-electron chi connectivity index (χ1n) is 8.85. The third-order valence-electron chi connectivity index (χ3n) is 4.22. The van der Waals surface area contributed by atoms with Crippen LogP contribution < -0.4 is 10.1 Å². The third-order valence-corrected chi connectivity index (χ3v) is 4.22. The average Bonchev–Trinajstić information content (AvgIpc) is 2.66. The number of carbonyl (C=O) groups excluding carboxylic acids is 2. The van der Waals surface area contributed by atoms with E-state index in [1.807, 2.05) is 32.0 Å². The van der Waals surface area contributed by atoms with Crippen molar-refractivity contribution in [2.75, 3.05) is 27.2 Å². The molecule has 0 aliphatic carbocycles. The minimum absolute atomic E-state index is 0.0615. The van der Waals surface area contributed by atoms with Gasteiger partial charge in [0, 0.05) is 18.5 Å². The highest BCUT2D eigenvalue weighted by Crippen LogP contribution is 2.18. The van der Waals surface area contributed by atoms with E-state index in [0.717, 1.165) is 5.56 Å². The second kappa shape index (κ2) is 9.83. The Morgan fingerprint density at radius 2 is 1.85 bits per heavy atom. The van der Waals surface area contributed by atoms with Crippen LogP contribution in [0, 0.1) is 5.82 Å². The first-order valence-corrected chi connectivity index (χ1v) is 8.85. The molecule has 144 valence electrons. The van der Waals surface area contributed by atoms with E-state index in [-0.39, 0.29) is 30.2 Å². The Labute approximate surface area is 159 Å². The van der Waals surface area contributed by atoms with Gasteiger partial charge in [0.1, 0.15) is 11.6 Å². The van der Waals surface area contributed by atoms with Crippen LogP contribution in [0.2, 0.25) is 0 Å². The van der Waals surface area contributed by atoms with E-state index in [0.29, 0.717) is 24.3 Å². The maximum absolute atomic E-state index is 13.5. The SMILES string of the molecule is CCC(=O)c1ccc(OCC(=O)NCC(c2cccc(F)c2)N(C)C)cc1. The number of nitrogens with one attached hydrogen (secondary N) is 1. The molecule has 0 saturated carbocycles. The summed E-state index contributed by atoms with van der Waals surface area (Å²) in [4.78, 5) is 25.6. The number of halogens is 1. The van der Waals surface area contributed by atoms with Gasteiger partial charge in [0.2, 0.25) is 0 Å². The van der Waals surface area contributed by atoms with Crippen molar-refractivity contribution in [3.8, 4) is 5.75 Å². The van der Waals surface area contributed by atoms with Crippen LogP contribution in [0.15, 0.2) is 48.5 Å². The molecule has 1 amide bonds. The monoisotopic (exact) mass is 372 g/mol. The van der Waals surface area contributed by atoms with Crippen LogP contribution in [-0.2, 0) is 4.79 Å². The number of likely N-dealkylation sites (N-methyl/N-ethyl adjacent to an activating group) is 1. The molecule has 0 saturated heterocycles. The number of hydrogen-bond donors (Lipinski definition) is 1. The van der Waals surface area contributed by atoms with E-state index in [1.54, 1.807) is 30.3 Å². The van der Waals surface area contributed by atoms with E-state index >= 15 is 0 Å². The van der Waals surface area contributed by atoms with Crippen molar-refractivity contribution >= 4 is 11.7 Å². The molecule has 0 bridgehead atoms. The summed E-state index contributed by atoms with van der Waals surface area (Å²) in [5.74, 6) is 0.00411. The van der Waals surface area contributed by atoms with Gasteiger partial charge in [-0.05, 0) is 56.1 Å². The highest BCUT2D eigenvalue weighted by atomic mass is 19.1. The van der Waals surface area contributed by atoms with E-state index < -0.39 is 0 Å². The fourth-order valence-corrected chi connectivity index (χ4v) is 2.66. The molecule has 2 aromatic carbocycles. The van der Waals surface area contributed by atoms with Crippen LogP contribution in [0.5, 0.6) is 5.75 Å². The van der Waals surface area contributed by atoms with Gasteiger partial charge in [-0.25, -0.2) is 4.39 Å². The zero-order valence-corrected chi connectivity index (χ0v) is 15.9. The molecule has 0 spiro atoms. The van der Waals surface area contributed by atoms with Crippen LogP contribution >= 0.6 is 0 Å². The quantitative estimate of drug-likeness (QED) is 0.687. The van der Waals surface area contributed by atoms with Gasteiger partial charge < -0.3 is 15.0 Å². The number of benzene rings is 2. The molecule has 27 heavy (non-hydrogen) atoms. The highest BCUT2D eigenvalue weighted by molar-refractivity contribution is 5.95. The van der Waals surface area contributed by atoms with Crippen LogP contribution in [0.3, 0.4) is 0 Å². The molecule has 5 nitrogen and oxygen atoms in total. The van der Waals surface area contributed by atoms with Crippen molar-refractivity contribution in [2.24, 2.45) is 0 Å². The molecule has 1 N–H and O–H groups in total. The molecule has 0 aliphatic rings. The summed E-state index contributed by atoms with van der Waals surface area (Å²) >= 11 is 0. The molecule has 2 rings (SSSR count). The summed E-state index contributed by atoms with van der Waals surface area (Å²) in [5.41, 5.74) is 1.41. The van der Waals surface area contributed by atoms with Gasteiger partial charge in [-0.15, -0.1) is 0 Å². The largest absolute Gasteiger partial charge is 0.484 e. The molecule has 0 aliphatic heterocycles. The summed E-state index contributed by atoms with van der Waals surface area (Å²) in [7, 11) is 3.74. The topological polar surface area (TPSA) is 58.6 Å². The molecule has 2 aromatic rings. The maximum atomic E-state index is 13.5. The Morgan fingerprint density at radius 3 is 2.44 bits per heavy atom. The summed E-state index contributed by atoms with van der Waals surface area (Å²) < 4.78 is 18.9. The van der Waals surface area contributed by atoms with Gasteiger partial charge in [-0.2, -0.15) is 0 Å². The maximum Gasteiger partial charge on any atom is 0.258 e. The Hall–Kier alpha value is -2.73. The fourth-order valence-electron chi connectivity index (χ4n) is 2.66. The number of ether oxygens (including phenoxy) is 1. The van der Waals surface area contributed by atoms with Crippen molar-refractivity contribution < 1.29 is 18.7 Å². The molecule has 1 unspecified atom stereocenters. The highest BCUT2D eigenvalue weighted by Gasteiger charge is 2.16. The molecule has 0 radical (unpaired) electrons. The number of carbonyl (C=O) groups is 2. The minimum atomic E-state index is -0.306. The van der Waals surface area contributed by atoms with Crippen LogP contribution in [0.25, 0.3) is 0 Å². The summed E-state index contributed by atoms with van der Waals surface area (Å²) in [6, 6.07) is 12.9. The number of ketones is 1. The first-order chi connectivity index (χ1) is 12.9. The van der Waals surface area contributed by atoms with Crippen LogP contribution in [0.4, 0.5) is 4.39 Å². The Morgan fingerprint density at radius 1 is 1.15 bits per heavy atom. The van der Waals surface area contributed by atoms with Gasteiger partial charge in [0.15, 0.2) is 12.4 Å². The summed E-state index contributed by atoms with van der Waals surface area (Å²) in [5, 5.41) is 2.81. The molecule has 6 heteroatoms. The van der Waals surface area contributed by atoms with Crippen molar-refractivity contribution in [3.05, 3.63) is 65.5 Å². The molecular weight excluding hydrogens is 347 g/mol. The standard InChI is InChI=1S/C21H25FN2O3/c1-4-20(25)15-8-10-18(11-9-15)27-14-21(26)23-13-19(24(2)3)16-6-5-7-17(22)12-16/h5-12,19H,4,13-14H2,1-3H3,(H,23,26). The van der Waals surface area contributed by atoms with Crippen molar-refractivity contribution in [1.29, 1.82) is 0 Å². The van der Waals surface area contributed by atoms with Gasteiger partial charge in [0.05, 0.1) is 6.04 Å². The zero-order chi connectivity index (χ0) is 19.8. The molecule has 1 atom stereocenters. The minimum Gasteiger partial charge on any atom is -0.484 e. The van der Waals surface area contributed by atoms with Crippen LogP contribution in [0.1, 0.15) is 35.3 Å². The summed E-state index contributed by atoms with van der Waals surface area (Å²) in [6.07, 6.45) is 0.445. The Kier molecular flexibility index (Phi) is 7.49. The molecule has 0 heterocycles. The smallest absolute Gasteiger partial charge is 0.258 e. The third kappa shape index (κ3) is 6.18. The lowest BCUT2D eigenvalue weighted by molar-refractivity contribution is -0.123. The number of Topliss-reactive ketones (excluding diaryl/α,β-unsaturated/α-hetero) is 1. The molecular formula is C21H25FN2O3. The fraction of sp³-hybridized carbons (Fsp3) is 0.333. The van der Waals surface area contributed by atoms with E-state index in [4.69, 9.17) is 4.74 Å². The van der Waals surface area contributed by atoms with E-state index in [2.05, 4.69) is 5.32 Å². The van der Waals surface area contributed by atoms with E-state index in [9.17, 15) is 14.0 Å². The van der Waals surface area contributed by atoms with Crippen LogP contribution in [-0.4, -0.2) is 43.8 Å². The molecule has 0 fully saturated rings. The van der Waals surface area contributed by atoms with Gasteiger partial charge in [0.25, 0.3) is 5.91 Å². The van der Waals surface area contributed by atoms with Gasteiger partial charge >= 0.3 is 0 Å². The number of rotatable bonds is 9. The van der Waals surface area contributed by atoms with Crippen molar-refractivity contribution in [3.63, 3.8) is 0 Å². The Bertz CT molecular complexity index is 775. The van der Waals surface area contributed by atoms with Crippen molar-refractivity contribution in [1.82, 2.24) is 10.2 Å². The lowest BCUT2D eigenvalue weighted by Gasteiger charge is -2.25. The van der Waals surface area contributed by atoms with Gasteiger partial charge in [-0.3, -0.25) is 9.59 Å². The second-order valence-corrected chi connectivity index (χ2v) is 6.43. The average molecular weight is 372 g/mol. The lowest BCUT2D eigenvalue weighted by atomic mass is 10.1. The lowest BCUT2D eigenvalue weighted by Crippen LogP contribution is -2.36. The van der Waals surface area contributed by atoms with E-state index in [1.165, 1.54) is 12.1 Å². The first kappa shape index (κ1) is 20.6. The zero-order valence-electron chi connectivity index (χ0n) is 15.9. The number of hydrogen-bond acceptors (Lipinski definition) is 4. The predicted molar refractivity (Wildman–Crippen MR) is 102 cm³/mol. The second-order valence-electron chi connectivity index (χ2n) is 6.43. The molecule has 0 aromatic heterocycles. The van der Waals surface area contributed by atoms with Crippen molar-refractivity contribution in [2.45, 2.75) is 19.4 Å².